The summed E-state index contributed by atoms with van der Waals surface area (Å²) in [5, 5.41) is 24.3. The second-order valence-electron chi connectivity index (χ2n) is 7.11. The van der Waals surface area contributed by atoms with Gasteiger partial charge in [-0.05, 0) is 13.3 Å². The molecule has 0 amide bonds. The summed E-state index contributed by atoms with van der Waals surface area (Å²) >= 11 is 0. The van der Waals surface area contributed by atoms with Gasteiger partial charge < -0.3 is 15.3 Å². The predicted octanol–water partition coefficient (Wildman–Crippen LogP) is 5.78. The summed E-state index contributed by atoms with van der Waals surface area (Å²) < 4.78 is 0. The quantitative estimate of drug-likeness (QED) is 0.280. The molecule has 0 aromatic rings. The van der Waals surface area contributed by atoms with Crippen LogP contribution >= 0.6 is 0 Å². The van der Waals surface area contributed by atoms with Gasteiger partial charge in [-0.1, -0.05) is 96.8 Å². The summed E-state index contributed by atoms with van der Waals surface area (Å²) in [6, 6.07) is 0. The molecule has 1 atom stereocenters. The summed E-state index contributed by atoms with van der Waals surface area (Å²) in [5.41, 5.74) is 0. The molecule has 26 heavy (non-hydrogen) atoms. The highest BCUT2D eigenvalue weighted by Crippen LogP contribution is 2.13. The lowest BCUT2D eigenvalue weighted by atomic mass is 10.0. The normalized spacial score (nSPS) is 11.5. The van der Waals surface area contributed by atoms with E-state index in [4.69, 9.17) is 15.3 Å². The molecule has 0 aliphatic carbocycles. The molecular weight excluding hydrogens is 332 g/mol. The molecule has 0 aliphatic heterocycles. The lowest BCUT2D eigenvalue weighted by Gasteiger charge is -2.03. The van der Waals surface area contributed by atoms with Crippen molar-refractivity contribution in [3.05, 3.63) is 0 Å². The molecule has 0 saturated heterocycles. The predicted molar refractivity (Wildman–Crippen MR) is 106 cm³/mol. The average Bonchev–Trinajstić information content (AvgIpc) is 2.58. The van der Waals surface area contributed by atoms with E-state index in [0.717, 1.165) is 12.8 Å². The fraction of sp³-hybridized carbons (Fsp3) is 0.905. The summed E-state index contributed by atoms with van der Waals surface area (Å²) in [6.07, 6.45) is 19.0. The molecule has 0 spiro atoms. The minimum atomic E-state index is -1.23. The highest BCUT2D eigenvalue weighted by atomic mass is 16.4. The Labute approximate surface area is 160 Å². The molecule has 0 heterocycles. The molecule has 0 aromatic heterocycles. The number of carbonyl (C=O) groups is 2. The molecule has 0 aliphatic rings. The van der Waals surface area contributed by atoms with Gasteiger partial charge in [0.05, 0.1) is 0 Å². The molecule has 156 valence electrons. The van der Waals surface area contributed by atoms with Crippen LogP contribution in [0, 0.1) is 0 Å². The first-order valence-electron chi connectivity index (χ1n) is 10.5. The van der Waals surface area contributed by atoms with Crippen molar-refractivity contribution in [3.63, 3.8) is 0 Å². The van der Waals surface area contributed by atoms with Crippen molar-refractivity contribution in [2.75, 3.05) is 0 Å². The number of carboxylic acid groups (broad SMARTS) is 2. The third-order valence-electron chi connectivity index (χ3n) is 4.35. The van der Waals surface area contributed by atoms with Gasteiger partial charge in [0, 0.05) is 6.42 Å². The van der Waals surface area contributed by atoms with Crippen LogP contribution in [0.4, 0.5) is 0 Å². The van der Waals surface area contributed by atoms with E-state index in [-0.39, 0.29) is 0 Å². The lowest BCUT2D eigenvalue weighted by Crippen LogP contribution is -2.13. The van der Waals surface area contributed by atoms with Crippen molar-refractivity contribution in [1.29, 1.82) is 0 Å². The third kappa shape index (κ3) is 27.7. The zero-order chi connectivity index (χ0) is 20.0. The largest absolute Gasteiger partial charge is 0.481 e. The van der Waals surface area contributed by atoms with Gasteiger partial charge in [-0.2, -0.15) is 0 Å². The average molecular weight is 375 g/mol. The number of aliphatic hydroxyl groups is 1. The minimum absolute atomic E-state index is 0.345. The first-order valence-corrected chi connectivity index (χ1v) is 10.5. The maximum Gasteiger partial charge on any atom is 0.332 e. The number of hydrogen-bond donors (Lipinski definition) is 3. The van der Waals surface area contributed by atoms with Crippen LogP contribution in [0.5, 0.6) is 0 Å². The Balaban J connectivity index is 0. The Morgan fingerprint density at radius 1 is 0.654 bits per heavy atom. The van der Waals surface area contributed by atoms with E-state index in [1.807, 2.05) is 0 Å². The van der Waals surface area contributed by atoms with Crippen LogP contribution < -0.4 is 0 Å². The number of unbranched alkanes of at least 4 members (excludes halogenated alkanes) is 14. The van der Waals surface area contributed by atoms with Crippen LogP contribution in [0.2, 0.25) is 0 Å². The molecule has 0 fully saturated rings. The van der Waals surface area contributed by atoms with Gasteiger partial charge in [0.2, 0.25) is 0 Å². The number of hydrogen-bond acceptors (Lipinski definition) is 3. The van der Waals surface area contributed by atoms with Crippen molar-refractivity contribution in [2.24, 2.45) is 0 Å². The number of carboxylic acids is 2. The third-order valence-corrected chi connectivity index (χ3v) is 4.35. The topological polar surface area (TPSA) is 94.8 Å². The maximum absolute atomic E-state index is 10.3. The van der Waals surface area contributed by atoms with Gasteiger partial charge in [-0.25, -0.2) is 4.79 Å². The molecule has 0 radical (unpaired) electrons. The Hall–Kier alpha value is -1.10. The Kier molecular flexibility index (Phi) is 22.9. The monoisotopic (exact) mass is 374 g/mol. The van der Waals surface area contributed by atoms with Crippen LogP contribution in [-0.4, -0.2) is 33.4 Å². The molecule has 1 unspecified atom stereocenters. The highest BCUT2D eigenvalue weighted by Gasteiger charge is 2.01. The molecule has 0 saturated carbocycles. The van der Waals surface area contributed by atoms with E-state index in [1.165, 1.54) is 90.4 Å². The molecule has 3 N–H and O–H groups in total. The van der Waals surface area contributed by atoms with Crippen LogP contribution in [0.1, 0.15) is 117 Å². The van der Waals surface area contributed by atoms with Crippen molar-refractivity contribution in [1.82, 2.24) is 0 Å². The number of aliphatic hydroxyl groups excluding tert-OH is 1. The van der Waals surface area contributed by atoms with Gasteiger partial charge in [0.25, 0.3) is 0 Å². The highest BCUT2D eigenvalue weighted by molar-refractivity contribution is 5.71. The van der Waals surface area contributed by atoms with Gasteiger partial charge in [-0.3, -0.25) is 4.79 Å². The van der Waals surface area contributed by atoms with Crippen LogP contribution in [0.25, 0.3) is 0 Å². The second kappa shape index (κ2) is 21.9. The molecular formula is C21H42O5. The second-order valence-corrected chi connectivity index (χ2v) is 7.11. The van der Waals surface area contributed by atoms with Gasteiger partial charge in [-0.15, -0.1) is 0 Å². The summed E-state index contributed by atoms with van der Waals surface area (Å²) in [7, 11) is 0. The maximum atomic E-state index is 10.3. The van der Waals surface area contributed by atoms with E-state index in [9.17, 15) is 9.59 Å². The van der Waals surface area contributed by atoms with Crippen molar-refractivity contribution in [3.8, 4) is 0 Å². The van der Waals surface area contributed by atoms with E-state index in [1.54, 1.807) is 0 Å². The number of rotatable bonds is 17. The van der Waals surface area contributed by atoms with E-state index in [2.05, 4.69) is 6.92 Å². The van der Waals surface area contributed by atoms with Crippen molar-refractivity contribution >= 4 is 11.9 Å². The SMILES string of the molecule is CC(O)C(=O)O.CCCCCCCCCCCCCCCCCC(=O)O. The van der Waals surface area contributed by atoms with Crippen molar-refractivity contribution in [2.45, 2.75) is 123 Å². The van der Waals surface area contributed by atoms with Gasteiger partial charge >= 0.3 is 11.9 Å². The fourth-order valence-electron chi connectivity index (χ4n) is 2.65. The van der Waals surface area contributed by atoms with Gasteiger partial charge in [0.1, 0.15) is 6.10 Å². The van der Waals surface area contributed by atoms with Crippen LogP contribution in [0.15, 0.2) is 0 Å². The summed E-state index contributed by atoms with van der Waals surface area (Å²) in [4.78, 5) is 19.8. The Bertz CT molecular complexity index is 316. The molecule has 5 heteroatoms. The molecule has 0 rings (SSSR count). The standard InChI is InChI=1S/C18H36O2.C3H6O3/c1-2-3-4-5-6-7-8-9-10-11-12-13-14-15-16-17-18(19)20;1-2(4)3(5)6/h2-17H2,1H3,(H,19,20);2,4H,1H3,(H,5,6). The Morgan fingerprint density at radius 2 is 0.923 bits per heavy atom. The van der Waals surface area contributed by atoms with Crippen LogP contribution in [0.3, 0.4) is 0 Å². The molecule has 0 bridgehead atoms. The Morgan fingerprint density at radius 3 is 1.15 bits per heavy atom. The van der Waals surface area contributed by atoms with E-state index >= 15 is 0 Å². The zero-order valence-electron chi connectivity index (χ0n) is 17.0. The van der Waals surface area contributed by atoms with E-state index < -0.39 is 18.0 Å². The molecule has 0 aromatic carbocycles. The summed E-state index contributed by atoms with van der Waals surface area (Å²) in [5.74, 6) is -1.84. The minimum Gasteiger partial charge on any atom is -0.481 e. The number of aliphatic carboxylic acids is 2. The van der Waals surface area contributed by atoms with Crippen LogP contribution in [-0.2, 0) is 9.59 Å². The zero-order valence-corrected chi connectivity index (χ0v) is 17.0. The van der Waals surface area contributed by atoms with Crippen molar-refractivity contribution < 1.29 is 24.9 Å². The van der Waals surface area contributed by atoms with E-state index in [0.29, 0.717) is 6.42 Å². The lowest BCUT2D eigenvalue weighted by molar-refractivity contribution is -0.145. The fourth-order valence-corrected chi connectivity index (χ4v) is 2.65. The van der Waals surface area contributed by atoms with Gasteiger partial charge in [0.15, 0.2) is 0 Å². The smallest absolute Gasteiger partial charge is 0.332 e. The molecule has 5 nitrogen and oxygen atoms in total. The first-order chi connectivity index (χ1) is 12.4. The summed E-state index contributed by atoms with van der Waals surface area (Å²) in [6.45, 7) is 3.47. The first kappa shape index (κ1) is 27.1.